The number of benzene rings is 1. The van der Waals surface area contributed by atoms with Gasteiger partial charge in [0.2, 0.25) is 17.7 Å². The van der Waals surface area contributed by atoms with Gasteiger partial charge < -0.3 is 25.7 Å². The number of aliphatic hydroxyl groups is 1. The zero-order chi connectivity index (χ0) is 31.8. The van der Waals surface area contributed by atoms with Crippen LogP contribution in [-0.2, 0) is 25.7 Å². The Hall–Kier alpha value is -3.39. The molecule has 0 bridgehead atoms. The number of nitrogens with zero attached hydrogens (tertiary/aromatic N) is 4. The molecule has 0 unspecified atom stereocenters. The molecule has 13 heteroatoms. The monoisotopic (exact) mass is 626 g/mol. The number of aromatic nitrogens is 1. The van der Waals surface area contributed by atoms with Crippen LogP contribution in [0, 0.1) is 17.8 Å². The summed E-state index contributed by atoms with van der Waals surface area (Å²) in [5, 5.41) is 25.2. The first kappa shape index (κ1) is 32.0. The molecular weight excluding hydrogens is 584 g/mol. The summed E-state index contributed by atoms with van der Waals surface area (Å²) < 4.78 is 0. The highest BCUT2D eigenvalue weighted by molar-refractivity contribution is 7.13. The molecule has 3 saturated heterocycles. The summed E-state index contributed by atoms with van der Waals surface area (Å²) in [5.74, 6) is -1.87. The minimum atomic E-state index is -0.886. The first-order valence-corrected chi connectivity index (χ1v) is 15.8. The fourth-order valence-electron chi connectivity index (χ4n) is 6.61. The Bertz CT molecular complexity index is 1390. The minimum Gasteiger partial charge on any atom is -0.480 e. The molecule has 2 aromatic rings. The second-order valence-corrected chi connectivity index (χ2v) is 14.5. The molecule has 1 spiro atoms. The van der Waals surface area contributed by atoms with Gasteiger partial charge in [-0.2, -0.15) is 0 Å². The maximum atomic E-state index is 13.8. The number of β-amino-alcohol motifs (C(OH)–C–C–N with tert-alkyl or cyclic N) is 1. The molecule has 238 valence electrons. The number of rotatable bonds is 10. The topological polar surface area (TPSA) is 155 Å². The van der Waals surface area contributed by atoms with Crippen molar-refractivity contribution in [2.24, 2.45) is 10.8 Å². The number of aryl methyl sites for hydroxylation is 1. The van der Waals surface area contributed by atoms with Gasteiger partial charge in [-0.3, -0.25) is 29.0 Å². The summed E-state index contributed by atoms with van der Waals surface area (Å²) in [5.41, 5.74) is 4.16. The van der Waals surface area contributed by atoms with E-state index in [0.717, 1.165) is 21.7 Å². The number of carbonyl (C=O) groups excluding carboxylic acids is 3. The zero-order valence-electron chi connectivity index (χ0n) is 25.7. The molecule has 3 aliphatic heterocycles. The number of aliphatic carboxylic acids is 1. The lowest BCUT2D eigenvalue weighted by atomic mass is 9.73. The molecule has 3 fully saturated rings. The number of carbonyl (C=O) groups is 4. The van der Waals surface area contributed by atoms with E-state index in [-0.39, 0.29) is 49.8 Å². The van der Waals surface area contributed by atoms with Crippen molar-refractivity contribution in [3.05, 3.63) is 41.0 Å². The van der Waals surface area contributed by atoms with Crippen LogP contribution in [0.15, 0.2) is 29.8 Å². The Balaban J connectivity index is 1.15. The maximum absolute atomic E-state index is 13.8. The summed E-state index contributed by atoms with van der Waals surface area (Å²) in [6, 6.07) is 6.15. The summed E-state index contributed by atoms with van der Waals surface area (Å²) in [6.07, 6.45) is -0.714. The molecule has 5 rings (SSSR count). The van der Waals surface area contributed by atoms with E-state index in [9.17, 15) is 24.3 Å². The second-order valence-electron chi connectivity index (χ2n) is 13.6. The van der Waals surface area contributed by atoms with Crippen LogP contribution in [0.2, 0.25) is 0 Å². The van der Waals surface area contributed by atoms with E-state index in [2.05, 4.69) is 15.6 Å². The third-order valence-corrected chi connectivity index (χ3v) is 9.65. The molecule has 1 aromatic heterocycles. The van der Waals surface area contributed by atoms with Gasteiger partial charge in [-0.15, -0.1) is 11.3 Å². The minimum absolute atomic E-state index is 0.0176. The normalized spacial score (nSPS) is 22.2. The van der Waals surface area contributed by atoms with E-state index in [1.165, 1.54) is 4.90 Å². The third-order valence-electron chi connectivity index (χ3n) is 8.67. The van der Waals surface area contributed by atoms with Gasteiger partial charge in [0, 0.05) is 51.1 Å². The van der Waals surface area contributed by atoms with Crippen LogP contribution in [0.5, 0.6) is 0 Å². The Morgan fingerprint density at radius 3 is 2.27 bits per heavy atom. The maximum Gasteiger partial charge on any atom is 0.317 e. The highest BCUT2D eigenvalue weighted by atomic mass is 32.1. The van der Waals surface area contributed by atoms with E-state index in [1.807, 2.05) is 67.3 Å². The fraction of sp³-hybridized carbons (Fsp3) is 0.581. The highest BCUT2D eigenvalue weighted by Gasteiger charge is 2.52. The van der Waals surface area contributed by atoms with Gasteiger partial charge in [-0.1, -0.05) is 45.0 Å². The van der Waals surface area contributed by atoms with Crippen molar-refractivity contribution in [3.63, 3.8) is 0 Å². The number of nitrogens with one attached hydrogen (secondary N) is 2. The summed E-state index contributed by atoms with van der Waals surface area (Å²) in [7, 11) is 0. The van der Waals surface area contributed by atoms with E-state index >= 15 is 0 Å². The number of hydrogen-bond donors (Lipinski definition) is 4. The fourth-order valence-corrected chi connectivity index (χ4v) is 7.42. The first-order valence-electron chi connectivity index (χ1n) is 14.9. The van der Waals surface area contributed by atoms with Crippen LogP contribution < -0.4 is 10.6 Å². The number of thiazole rings is 1. The predicted molar refractivity (Wildman–Crippen MR) is 165 cm³/mol. The smallest absolute Gasteiger partial charge is 0.317 e. The number of amides is 3. The molecule has 4 heterocycles. The lowest BCUT2D eigenvalue weighted by Crippen LogP contribution is -2.73. The molecule has 44 heavy (non-hydrogen) atoms. The van der Waals surface area contributed by atoms with Gasteiger partial charge in [-0.25, -0.2) is 4.98 Å². The van der Waals surface area contributed by atoms with Crippen LogP contribution in [0.3, 0.4) is 0 Å². The molecule has 3 amide bonds. The van der Waals surface area contributed by atoms with Crippen LogP contribution in [0.4, 0.5) is 0 Å². The molecule has 3 atom stereocenters. The Morgan fingerprint density at radius 1 is 1.07 bits per heavy atom. The van der Waals surface area contributed by atoms with E-state index in [0.29, 0.717) is 26.2 Å². The van der Waals surface area contributed by atoms with Gasteiger partial charge >= 0.3 is 5.97 Å². The van der Waals surface area contributed by atoms with Crippen LogP contribution in [-0.4, -0.2) is 118 Å². The van der Waals surface area contributed by atoms with Crippen LogP contribution >= 0.6 is 11.3 Å². The Kier molecular flexibility index (Phi) is 9.13. The standard InChI is InChI=1S/C31H42N6O6S/c1-19-26(44-18-33-19)21-7-5-20(6-8-21)10-32-28(42)23-9-22(38)11-37(23)29(43)27(30(2,3)4)34-24(39)12-35-14-31(15-35)16-36(17-31)13-25(40)41/h5-8,18,22-23,27,38H,9-17H2,1-4H3,(H,32,42)(H,34,39)(H,40,41)/t22-,23+,27-/m1/s1. The molecule has 12 nitrogen and oxygen atoms in total. The molecular formula is C31H42N6O6S. The lowest BCUT2D eigenvalue weighted by molar-refractivity contribution is -0.153. The van der Waals surface area contributed by atoms with Crippen molar-refractivity contribution < 1.29 is 29.4 Å². The first-order chi connectivity index (χ1) is 20.7. The molecule has 0 saturated carbocycles. The van der Waals surface area contributed by atoms with Crippen molar-refractivity contribution in [3.8, 4) is 10.4 Å². The van der Waals surface area contributed by atoms with E-state index in [1.54, 1.807) is 11.3 Å². The molecule has 4 N–H and O–H groups in total. The number of aliphatic hydroxyl groups excluding tert-OH is 1. The quantitative estimate of drug-likeness (QED) is 0.302. The van der Waals surface area contributed by atoms with E-state index < -0.39 is 35.5 Å². The highest BCUT2D eigenvalue weighted by Crippen LogP contribution is 2.39. The number of likely N-dealkylation sites (tertiary alicyclic amines) is 3. The predicted octanol–water partition coefficient (Wildman–Crippen LogP) is 0.930. The number of carboxylic acid groups (broad SMARTS) is 1. The number of carboxylic acids is 1. The van der Waals surface area contributed by atoms with Crippen molar-refractivity contribution in [1.29, 1.82) is 0 Å². The van der Waals surface area contributed by atoms with Gasteiger partial charge in [0.05, 0.1) is 35.3 Å². The SMILES string of the molecule is Cc1ncsc1-c1ccc(CNC(=O)[C@@H]2C[C@@H](O)CN2C(=O)[C@@H](NC(=O)CN2CC3(CN(CC(=O)O)C3)C2)C(C)(C)C)cc1. The van der Waals surface area contributed by atoms with Gasteiger partial charge in [0.15, 0.2) is 0 Å². The second kappa shape index (κ2) is 12.5. The summed E-state index contributed by atoms with van der Waals surface area (Å²) >= 11 is 1.58. The summed E-state index contributed by atoms with van der Waals surface area (Å²) in [6.45, 7) is 10.8. The molecule has 0 radical (unpaired) electrons. The molecule has 1 aromatic carbocycles. The Morgan fingerprint density at radius 2 is 1.70 bits per heavy atom. The van der Waals surface area contributed by atoms with Gasteiger partial charge in [0.1, 0.15) is 12.1 Å². The van der Waals surface area contributed by atoms with Gasteiger partial charge in [-0.05, 0) is 23.5 Å². The third kappa shape index (κ3) is 7.12. The van der Waals surface area contributed by atoms with Crippen molar-refractivity contribution in [1.82, 2.24) is 30.3 Å². The average Bonchev–Trinajstić information content (AvgIpc) is 3.52. The average molecular weight is 627 g/mol. The van der Waals surface area contributed by atoms with Crippen LogP contribution in [0.25, 0.3) is 10.4 Å². The number of hydrogen-bond acceptors (Lipinski definition) is 9. The largest absolute Gasteiger partial charge is 0.480 e. The van der Waals surface area contributed by atoms with Crippen molar-refractivity contribution in [2.75, 3.05) is 45.8 Å². The van der Waals surface area contributed by atoms with Crippen molar-refractivity contribution in [2.45, 2.75) is 58.8 Å². The Labute approximate surface area is 261 Å². The van der Waals surface area contributed by atoms with Crippen molar-refractivity contribution >= 4 is 35.0 Å². The molecule has 3 aliphatic rings. The van der Waals surface area contributed by atoms with Crippen LogP contribution in [0.1, 0.15) is 38.4 Å². The summed E-state index contributed by atoms with van der Waals surface area (Å²) in [4.78, 5) is 61.8. The zero-order valence-corrected chi connectivity index (χ0v) is 26.5. The molecule has 0 aliphatic carbocycles. The van der Waals surface area contributed by atoms with Gasteiger partial charge in [0.25, 0.3) is 0 Å². The lowest BCUT2D eigenvalue weighted by Gasteiger charge is -2.60. The van der Waals surface area contributed by atoms with E-state index in [4.69, 9.17) is 5.11 Å².